The fraction of sp³-hybridized carbons (Fsp3) is 0.238. The number of anilines is 1. The predicted octanol–water partition coefficient (Wildman–Crippen LogP) is 3.45. The summed E-state index contributed by atoms with van der Waals surface area (Å²) in [6.07, 6.45) is 1.57. The van der Waals surface area contributed by atoms with Crippen molar-refractivity contribution in [3.63, 3.8) is 0 Å². The van der Waals surface area contributed by atoms with E-state index in [0.717, 1.165) is 35.4 Å². The number of nitrogens with zero attached hydrogens (tertiary/aromatic N) is 1. The molecule has 28 heavy (non-hydrogen) atoms. The van der Waals surface area contributed by atoms with Gasteiger partial charge in [0.15, 0.2) is 11.5 Å². The summed E-state index contributed by atoms with van der Waals surface area (Å²) in [6.45, 7) is 0. The maximum atomic E-state index is 12.8. The zero-order valence-corrected chi connectivity index (χ0v) is 16.0. The van der Waals surface area contributed by atoms with Gasteiger partial charge in [0, 0.05) is 22.9 Å². The standard InChI is InChI=1S/C21H21N3O4/c1-26-14-6-8-15-12(10-14)4-7-16-19(15)23-24-20(16)21(25)22-13-5-9-17(27-2)18(11-13)28-3/h5-6,8-11H,4,7H2,1-3H3,(H,22,25)(H,23,24). The van der Waals surface area contributed by atoms with Crippen molar-refractivity contribution in [1.82, 2.24) is 10.2 Å². The van der Waals surface area contributed by atoms with Gasteiger partial charge in [-0.25, -0.2) is 0 Å². The summed E-state index contributed by atoms with van der Waals surface area (Å²) >= 11 is 0. The molecule has 0 bridgehead atoms. The lowest BCUT2D eigenvalue weighted by atomic mass is 9.89. The zero-order valence-electron chi connectivity index (χ0n) is 16.0. The van der Waals surface area contributed by atoms with Gasteiger partial charge in [0.2, 0.25) is 0 Å². The number of amides is 1. The van der Waals surface area contributed by atoms with Crippen LogP contribution in [0.1, 0.15) is 21.6 Å². The van der Waals surface area contributed by atoms with Crippen LogP contribution in [0.4, 0.5) is 5.69 Å². The molecule has 7 heteroatoms. The average Bonchev–Trinajstić information content (AvgIpc) is 3.17. The molecule has 0 atom stereocenters. The average molecular weight is 379 g/mol. The third-order valence-corrected chi connectivity index (χ3v) is 4.95. The van der Waals surface area contributed by atoms with Crippen LogP contribution >= 0.6 is 0 Å². The van der Waals surface area contributed by atoms with Crippen LogP contribution in [0, 0.1) is 0 Å². The Morgan fingerprint density at radius 2 is 1.82 bits per heavy atom. The maximum absolute atomic E-state index is 12.8. The first-order valence-corrected chi connectivity index (χ1v) is 8.92. The van der Waals surface area contributed by atoms with Crippen molar-refractivity contribution >= 4 is 11.6 Å². The number of nitrogens with one attached hydrogen (secondary N) is 2. The van der Waals surface area contributed by atoms with Crippen LogP contribution in [0.2, 0.25) is 0 Å². The molecule has 0 unspecified atom stereocenters. The number of benzene rings is 2. The third kappa shape index (κ3) is 3.05. The van der Waals surface area contributed by atoms with E-state index in [4.69, 9.17) is 14.2 Å². The quantitative estimate of drug-likeness (QED) is 0.709. The van der Waals surface area contributed by atoms with Gasteiger partial charge < -0.3 is 19.5 Å². The largest absolute Gasteiger partial charge is 0.497 e. The first kappa shape index (κ1) is 17.9. The highest BCUT2D eigenvalue weighted by Gasteiger charge is 2.25. The lowest BCUT2D eigenvalue weighted by Gasteiger charge is -2.17. The Morgan fingerprint density at radius 1 is 1.00 bits per heavy atom. The van der Waals surface area contributed by atoms with Crippen LogP contribution in [0.3, 0.4) is 0 Å². The van der Waals surface area contributed by atoms with Gasteiger partial charge >= 0.3 is 0 Å². The molecule has 0 spiro atoms. The molecular weight excluding hydrogens is 358 g/mol. The van der Waals surface area contributed by atoms with Gasteiger partial charge in [-0.3, -0.25) is 9.89 Å². The van der Waals surface area contributed by atoms with Gasteiger partial charge in [-0.15, -0.1) is 0 Å². The first-order valence-electron chi connectivity index (χ1n) is 8.92. The lowest BCUT2D eigenvalue weighted by Crippen LogP contribution is -2.16. The second-order valence-corrected chi connectivity index (χ2v) is 6.47. The van der Waals surface area contributed by atoms with Crippen molar-refractivity contribution in [2.45, 2.75) is 12.8 Å². The zero-order chi connectivity index (χ0) is 19.7. The molecule has 0 radical (unpaired) electrons. The highest BCUT2D eigenvalue weighted by atomic mass is 16.5. The summed E-state index contributed by atoms with van der Waals surface area (Å²) in [6, 6.07) is 11.2. The maximum Gasteiger partial charge on any atom is 0.273 e. The third-order valence-electron chi connectivity index (χ3n) is 4.95. The van der Waals surface area contributed by atoms with Gasteiger partial charge in [-0.05, 0) is 48.7 Å². The molecule has 144 valence electrons. The summed E-state index contributed by atoms with van der Waals surface area (Å²) in [5.74, 6) is 1.74. The van der Waals surface area contributed by atoms with E-state index in [0.29, 0.717) is 22.9 Å². The minimum absolute atomic E-state index is 0.238. The van der Waals surface area contributed by atoms with Gasteiger partial charge in [0.25, 0.3) is 5.91 Å². The Hall–Kier alpha value is -3.48. The second kappa shape index (κ2) is 7.26. The fourth-order valence-electron chi connectivity index (χ4n) is 3.52. The Morgan fingerprint density at radius 3 is 2.57 bits per heavy atom. The molecule has 0 fully saturated rings. The van der Waals surface area contributed by atoms with Crippen LogP contribution in [0.25, 0.3) is 11.3 Å². The topological polar surface area (TPSA) is 85.5 Å². The van der Waals surface area contributed by atoms with Crippen LogP contribution in [-0.2, 0) is 12.8 Å². The molecule has 1 aliphatic rings. The van der Waals surface area contributed by atoms with Crippen molar-refractivity contribution in [3.8, 4) is 28.5 Å². The van der Waals surface area contributed by atoms with Crippen molar-refractivity contribution in [1.29, 1.82) is 0 Å². The molecule has 7 nitrogen and oxygen atoms in total. The van der Waals surface area contributed by atoms with Crippen LogP contribution in [0.5, 0.6) is 17.2 Å². The minimum Gasteiger partial charge on any atom is -0.497 e. The number of hydrogen-bond donors (Lipinski definition) is 2. The number of carbonyl (C=O) groups is 1. The second-order valence-electron chi connectivity index (χ2n) is 6.47. The van der Waals surface area contributed by atoms with Gasteiger partial charge in [0.05, 0.1) is 27.0 Å². The highest BCUT2D eigenvalue weighted by molar-refractivity contribution is 6.05. The van der Waals surface area contributed by atoms with Crippen molar-refractivity contribution in [3.05, 3.63) is 53.2 Å². The van der Waals surface area contributed by atoms with Crippen LogP contribution in [0.15, 0.2) is 36.4 Å². The number of aromatic amines is 1. The summed E-state index contributed by atoms with van der Waals surface area (Å²) in [4.78, 5) is 12.8. The molecule has 3 aromatic rings. The Balaban J connectivity index is 1.61. The van der Waals surface area contributed by atoms with Gasteiger partial charge in [-0.1, -0.05) is 0 Å². The number of methoxy groups -OCH3 is 3. The number of aryl methyl sites for hydroxylation is 1. The number of aromatic nitrogens is 2. The normalized spacial score (nSPS) is 12.0. The van der Waals surface area contributed by atoms with Crippen molar-refractivity contribution < 1.29 is 19.0 Å². The monoisotopic (exact) mass is 379 g/mol. The molecule has 0 saturated heterocycles. The Bertz CT molecular complexity index is 1040. The molecule has 2 aromatic carbocycles. The Kier molecular flexibility index (Phi) is 4.65. The van der Waals surface area contributed by atoms with E-state index in [9.17, 15) is 4.79 Å². The lowest BCUT2D eigenvalue weighted by molar-refractivity contribution is 0.102. The molecule has 0 aliphatic heterocycles. The van der Waals surface area contributed by atoms with E-state index in [2.05, 4.69) is 15.5 Å². The van der Waals surface area contributed by atoms with Crippen molar-refractivity contribution in [2.24, 2.45) is 0 Å². The fourth-order valence-corrected chi connectivity index (χ4v) is 3.52. The number of hydrogen-bond acceptors (Lipinski definition) is 5. The van der Waals surface area contributed by atoms with E-state index >= 15 is 0 Å². The number of rotatable bonds is 5. The van der Waals surface area contributed by atoms with Crippen molar-refractivity contribution in [2.75, 3.05) is 26.6 Å². The smallest absolute Gasteiger partial charge is 0.273 e. The number of carbonyl (C=O) groups excluding carboxylic acids is 1. The predicted molar refractivity (Wildman–Crippen MR) is 105 cm³/mol. The Labute approximate surface area is 162 Å². The summed E-state index contributed by atoms with van der Waals surface area (Å²) in [5.41, 5.74) is 5.05. The molecule has 4 rings (SSSR count). The first-order chi connectivity index (χ1) is 13.6. The molecule has 1 aliphatic carbocycles. The molecule has 2 N–H and O–H groups in total. The minimum atomic E-state index is -0.238. The van der Waals surface area contributed by atoms with Gasteiger partial charge in [-0.2, -0.15) is 5.10 Å². The summed E-state index contributed by atoms with van der Waals surface area (Å²) in [5, 5.41) is 10.2. The molecule has 0 saturated carbocycles. The number of fused-ring (bicyclic) bond motifs is 3. The van der Waals surface area contributed by atoms with Crippen LogP contribution in [-0.4, -0.2) is 37.4 Å². The van der Waals surface area contributed by atoms with E-state index < -0.39 is 0 Å². The van der Waals surface area contributed by atoms with Crippen LogP contribution < -0.4 is 19.5 Å². The molecule has 1 amide bonds. The summed E-state index contributed by atoms with van der Waals surface area (Å²) in [7, 11) is 4.78. The highest BCUT2D eigenvalue weighted by Crippen LogP contribution is 2.36. The van der Waals surface area contributed by atoms with Gasteiger partial charge in [0.1, 0.15) is 11.4 Å². The van der Waals surface area contributed by atoms with E-state index in [1.165, 1.54) is 5.56 Å². The molecule has 1 aromatic heterocycles. The molecule has 1 heterocycles. The molecular formula is C21H21N3O4. The SMILES string of the molecule is COc1ccc2c(c1)CCc1c-2n[nH]c1C(=O)Nc1ccc(OC)c(OC)c1. The van der Waals surface area contributed by atoms with E-state index in [1.807, 2.05) is 18.2 Å². The summed E-state index contributed by atoms with van der Waals surface area (Å²) < 4.78 is 15.8. The number of H-pyrrole nitrogens is 1. The van der Waals surface area contributed by atoms with E-state index in [1.54, 1.807) is 39.5 Å². The van der Waals surface area contributed by atoms with E-state index in [-0.39, 0.29) is 5.91 Å². The number of ether oxygens (including phenoxy) is 3.